The minimum atomic E-state index is -0.909. The molecule has 3 aromatic carbocycles. The Bertz CT molecular complexity index is 1440. The third-order valence-corrected chi connectivity index (χ3v) is 7.65. The van der Waals surface area contributed by atoms with Crippen LogP contribution in [0.3, 0.4) is 0 Å². The van der Waals surface area contributed by atoms with E-state index in [-0.39, 0.29) is 44.4 Å². The summed E-state index contributed by atoms with van der Waals surface area (Å²) in [6.45, 7) is 0. The van der Waals surface area contributed by atoms with Crippen molar-refractivity contribution in [3.63, 3.8) is 0 Å². The van der Waals surface area contributed by atoms with Gasteiger partial charge in [0, 0.05) is 42.2 Å². The first kappa shape index (κ1) is 37.8. The minimum absolute atomic E-state index is 0.00958. The van der Waals surface area contributed by atoms with Crippen molar-refractivity contribution in [2.24, 2.45) is 34.4 Å². The van der Waals surface area contributed by atoms with Crippen molar-refractivity contribution in [2.75, 3.05) is 16.0 Å². The first-order valence-corrected chi connectivity index (χ1v) is 15.6. The fourth-order valence-corrected chi connectivity index (χ4v) is 4.85. The van der Waals surface area contributed by atoms with Crippen molar-refractivity contribution in [2.45, 2.75) is 62.6 Å². The van der Waals surface area contributed by atoms with Crippen molar-refractivity contribution < 1.29 is 28.8 Å². The average Bonchev–Trinajstić information content (AvgIpc) is 3.07. The minimum Gasteiger partial charge on any atom is -0.370 e. The van der Waals surface area contributed by atoms with E-state index in [4.69, 9.17) is 34.4 Å². The normalized spacial score (nSPS) is 12.7. The van der Waals surface area contributed by atoms with Crippen LogP contribution < -0.4 is 50.4 Å². The van der Waals surface area contributed by atoms with Gasteiger partial charge < -0.3 is 50.4 Å². The Morgan fingerprint density at radius 1 is 0.429 bits per heavy atom. The van der Waals surface area contributed by atoms with Crippen LogP contribution in [-0.2, 0) is 28.8 Å². The Hall–Kier alpha value is -5.64. The second-order valence-electron chi connectivity index (χ2n) is 11.6. The van der Waals surface area contributed by atoms with E-state index in [0.717, 1.165) is 16.7 Å². The number of hydrogen-bond acceptors (Lipinski definition) is 9. The molecule has 0 unspecified atom stereocenters. The third kappa shape index (κ3) is 12.2. The monoisotopic (exact) mass is 673 g/mol. The predicted molar refractivity (Wildman–Crippen MR) is 185 cm³/mol. The molecule has 0 aromatic heterocycles. The molecule has 260 valence electrons. The summed E-state index contributed by atoms with van der Waals surface area (Å²) in [4.78, 5) is 70.7. The first-order valence-electron chi connectivity index (χ1n) is 15.6. The molecule has 0 radical (unpaired) electrons. The lowest BCUT2D eigenvalue weighted by Crippen LogP contribution is -2.36. The lowest BCUT2D eigenvalue weighted by molar-refractivity contribution is -0.120. The summed E-state index contributed by atoms with van der Waals surface area (Å²) < 4.78 is 0. The zero-order valence-electron chi connectivity index (χ0n) is 26.9. The summed E-state index contributed by atoms with van der Waals surface area (Å²) >= 11 is 0. The van der Waals surface area contributed by atoms with Gasteiger partial charge in [0.05, 0.1) is 18.1 Å². The van der Waals surface area contributed by atoms with Crippen LogP contribution in [0.15, 0.2) is 72.8 Å². The van der Waals surface area contributed by atoms with Gasteiger partial charge in [0.25, 0.3) is 0 Å². The highest BCUT2D eigenvalue weighted by molar-refractivity contribution is 5.96. The molecule has 0 saturated heterocycles. The van der Waals surface area contributed by atoms with Gasteiger partial charge in [-0.15, -0.1) is 0 Å². The molecule has 0 aliphatic rings. The second kappa shape index (κ2) is 18.1. The number of carbonyl (C=O) groups is 6. The molecule has 6 amide bonds. The zero-order chi connectivity index (χ0) is 36.1. The molecule has 15 N–H and O–H groups in total. The van der Waals surface area contributed by atoms with E-state index >= 15 is 0 Å². The molecule has 0 bridgehead atoms. The van der Waals surface area contributed by atoms with Crippen LogP contribution in [0.5, 0.6) is 0 Å². The number of hydrogen-bond donors (Lipinski definition) is 9. The maximum atomic E-state index is 12.5. The maximum absolute atomic E-state index is 12.5. The predicted octanol–water partition coefficient (Wildman–Crippen LogP) is 0.461. The van der Waals surface area contributed by atoms with Gasteiger partial charge in [0.2, 0.25) is 35.4 Å². The van der Waals surface area contributed by atoms with Crippen LogP contribution in [0.4, 0.5) is 17.1 Å². The Morgan fingerprint density at radius 2 is 0.653 bits per heavy atom. The van der Waals surface area contributed by atoms with Gasteiger partial charge in [-0.3, -0.25) is 28.8 Å². The van der Waals surface area contributed by atoms with Crippen LogP contribution in [0.25, 0.3) is 0 Å². The molecule has 0 aliphatic heterocycles. The smallest absolute Gasteiger partial charge is 0.241 e. The molecule has 3 atom stereocenters. The van der Waals surface area contributed by atoms with Gasteiger partial charge in [-0.25, -0.2) is 0 Å². The number of anilines is 3. The number of benzene rings is 3. The lowest BCUT2D eigenvalue weighted by atomic mass is 9.85. The maximum Gasteiger partial charge on any atom is 0.241 e. The molecular formula is C34H43N9O6. The standard InChI is InChI=1S/C34H43N9O6/c35-25(13-16-28(38)44)32(47)41-22-7-1-19(2-8-22)31(20-3-9-23(10-4-20)42-33(48)26(36)14-17-29(39)45)21-5-11-24(12-6-21)43-34(49)27(37)15-18-30(40)46/h1-12,25-27,31H,13-18,35-37H2,(H2,38,44)(H2,39,45)(H2,40,46)(H,41,47)(H,42,48)(H,43,49)/t25-,26-,27-/m0/s1. The number of nitrogens with one attached hydrogen (secondary N) is 3. The SMILES string of the molecule is NC(=O)CC[C@H](N)C(=O)Nc1ccc(C(c2ccc(NC(=O)[C@@H](N)CCC(N)=O)cc2)c2ccc(NC(=O)[C@@H](N)CCC(N)=O)cc2)cc1. The lowest BCUT2D eigenvalue weighted by Gasteiger charge is -2.21. The molecular weight excluding hydrogens is 630 g/mol. The fraction of sp³-hybridized carbons (Fsp3) is 0.294. The van der Waals surface area contributed by atoms with E-state index in [0.29, 0.717) is 17.1 Å². The van der Waals surface area contributed by atoms with E-state index in [1.54, 1.807) is 36.4 Å². The summed E-state index contributed by atoms with van der Waals surface area (Å²) in [6, 6.07) is 18.7. The third-order valence-electron chi connectivity index (χ3n) is 7.65. The molecule has 0 heterocycles. The molecule has 0 spiro atoms. The average molecular weight is 674 g/mol. The van der Waals surface area contributed by atoms with Crippen LogP contribution >= 0.6 is 0 Å². The van der Waals surface area contributed by atoms with Crippen molar-refractivity contribution in [3.05, 3.63) is 89.5 Å². The van der Waals surface area contributed by atoms with Crippen LogP contribution in [0.2, 0.25) is 0 Å². The molecule has 0 saturated carbocycles. The fourth-order valence-electron chi connectivity index (χ4n) is 4.85. The Balaban J connectivity index is 1.84. The molecule has 49 heavy (non-hydrogen) atoms. The largest absolute Gasteiger partial charge is 0.370 e. The Morgan fingerprint density at radius 3 is 0.857 bits per heavy atom. The topological polar surface area (TPSA) is 295 Å². The molecule has 15 heteroatoms. The van der Waals surface area contributed by atoms with Crippen molar-refractivity contribution in [1.82, 2.24) is 0 Å². The van der Waals surface area contributed by atoms with Gasteiger partial charge in [-0.1, -0.05) is 36.4 Å². The molecule has 3 aromatic rings. The highest BCUT2D eigenvalue weighted by atomic mass is 16.2. The quantitative estimate of drug-likeness (QED) is 0.0846. The summed E-state index contributed by atoms with van der Waals surface area (Å²) in [5.74, 6) is -3.32. The molecule has 15 nitrogen and oxygen atoms in total. The molecule has 0 aliphatic carbocycles. The molecule has 0 fully saturated rings. The van der Waals surface area contributed by atoms with Crippen molar-refractivity contribution >= 4 is 52.5 Å². The van der Waals surface area contributed by atoms with E-state index in [9.17, 15) is 28.8 Å². The van der Waals surface area contributed by atoms with E-state index < -0.39 is 53.6 Å². The second-order valence-corrected chi connectivity index (χ2v) is 11.6. The van der Waals surface area contributed by atoms with Gasteiger partial charge in [0.15, 0.2) is 0 Å². The number of primary amides is 3. The van der Waals surface area contributed by atoms with Gasteiger partial charge in [-0.05, 0) is 72.4 Å². The molecule has 3 rings (SSSR count). The van der Waals surface area contributed by atoms with E-state index in [2.05, 4.69) is 16.0 Å². The number of amides is 6. The van der Waals surface area contributed by atoms with Crippen LogP contribution in [-0.4, -0.2) is 53.6 Å². The summed E-state index contributed by atoms with van der Waals surface area (Å²) in [7, 11) is 0. The van der Waals surface area contributed by atoms with Crippen LogP contribution in [0, 0.1) is 0 Å². The first-order chi connectivity index (χ1) is 23.2. The van der Waals surface area contributed by atoms with Gasteiger partial charge in [-0.2, -0.15) is 0 Å². The number of rotatable bonds is 18. The summed E-state index contributed by atoms with van der Waals surface area (Å²) in [6.07, 6.45) is 0.325. The van der Waals surface area contributed by atoms with E-state index in [1.807, 2.05) is 36.4 Å². The Labute approximate surface area is 283 Å². The Kier molecular flexibility index (Phi) is 13.9. The highest BCUT2D eigenvalue weighted by Crippen LogP contribution is 2.34. The van der Waals surface area contributed by atoms with Gasteiger partial charge in [0.1, 0.15) is 0 Å². The van der Waals surface area contributed by atoms with Crippen molar-refractivity contribution in [3.8, 4) is 0 Å². The van der Waals surface area contributed by atoms with Crippen LogP contribution in [0.1, 0.15) is 61.1 Å². The number of nitrogens with two attached hydrogens (primary N) is 6. The summed E-state index contributed by atoms with van der Waals surface area (Å²) in [5.41, 5.74) is 37.2. The number of carbonyl (C=O) groups excluding carboxylic acids is 6. The van der Waals surface area contributed by atoms with Gasteiger partial charge >= 0.3 is 0 Å². The van der Waals surface area contributed by atoms with E-state index in [1.165, 1.54) is 0 Å². The highest BCUT2D eigenvalue weighted by Gasteiger charge is 2.21. The van der Waals surface area contributed by atoms with Crippen molar-refractivity contribution in [1.29, 1.82) is 0 Å². The zero-order valence-corrected chi connectivity index (χ0v) is 26.9. The summed E-state index contributed by atoms with van der Waals surface area (Å²) in [5, 5.41) is 8.23.